The second-order valence-electron chi connectivity index (χ2n) is 6.93. The van der Waals surface area contributed by atoms with E-state index < -0.39 is 0 Å². The Hall–Kier alpha value is -2.85. The van der Waals surface area contributed by atoms with E-state index in [0.717, 1.165) is 58.3 Å². The first-order chi connectivity index (χ1) is 13.2. The number of halogens is 1. The molecule has 0 aliphatic heterocycles. The maximum atomic E-state index is 6.04. The summed E-state index contributed by atoms with van der Waals surface area (Å²) in [4.78, 5) is 5.01. The number of aryl methyl sites for hydroxylation is 2. The quantitative estimate of drug-likeness (QED) is 0.508. The van der Waals surface area contributed by atoms with Crippen molar-refractivity contribution in [2.75, 3.05) is 5.32 Å². The maximum absolute atomic E-state index is 6.04. The summed E-state index contributed by atoms with van der Waals surface area (Å²) in [6, 6.07) is 18.1. The molecule has 1 aliphatic carbocycles. The van der Waals surface area contributed by atoms with Crippen molar-refractivity contribution in [2.45, 2.75) is 26.2 Å². The molecular formula is C22H19ClN4. The average Bonchev–Trinajstić information content (AvgIpc) is 3.28. The monoisotopic (exact) mass is 374 g/mol. The Kier molecular flexibility index (Phi) is 3.87. The van der Waals surface area contributed by atoms with Crippen molar-refractivity contribution < 1.29 is 0 Å². The Morgan fingerprint density at radius 2 is 1.78 bits per heavy atom. The topological polar surface area (TPSA) is 42.2 Å². The van der Waals surface area contributed by atoms with E-state index in [-0.39, 0.29) is 0 Å². The zero-order valence-electron chi connectivity index (χ0n) is 15.0. The fourth-order valence-electron chi connectivity index (χ4n) is 3.88. The summed E-state index contributed by atoms with van der Waals surface area (Å²) >= 11 is 6.04. The Morgan fingerprint density at radius 1 is 1.00 bits per heavy atom. The normalized spacial score (nSPS) is 13.1. The van der Waals surface area contributed by atoms with E-state index >= 15 is 0 Å². The third-order valence-corrected chi connectivity index (χ3v) is 5.38. The van der Waals surface area contributed by atoms with Crippen molar-refractivity contribution in [1.82, 2.24) is 14.6 Å². The molecule has 0 fully saturated rings. The molecule has 0 saturated carbocycles. The molecule has 0 unspecified atom stereocenters. The fourth-order valence-corrected chi connectivity index (χ4v) is 4.00. The van der Waals surface area contributed by atoms with Gasteiger partial charge in [-0.25, -0.2) is 4.98 Å². The number of anilines is 2. The van der Waals surface area contributed by atoms with Crippen molar-refractivity contribution in [3.8, 4) is 11.1 Å². The average molecular weight is 375 g/mol. The van der Waals surface area contributed by atoms with Crippen LogP contribution >= 0.6 is 11.6 Å². The van der Waals surface area contributed by atoms with Gasteiger partial charge in [-0.3, -0.25) is 0 Å². The van der Waals surface area contributed by atoms with Crippen LogP contribution in [0.15, 0.2) is 54.6 Å². The molecule has 5 heteroatoms. The highest BCUT2D eigenvalue weighted by Gasteiger charge is 2.24. The highest BCUT2D eigenvalue weighted by molar-refractivity contribution is 6.30. The minimum atomic E-state index is 0.729. The Labute approximate surface area is 162 Å². The molecule has 0 saturated heterocycles. The molecule has 0 spiro atoms. The second kappa shape index (κ2) is 6.39. The molecule has 0 amide bonds. The molecule has 5 rings (SSSR count). The van der Waals surface area contributed by atoms with Crippen LogP contribution in [0.3, 0.4) is 0 Å². The van der Waals surface area contributed by atoms with Crippen LogP contribution in [0.5, 0.6) is 0 Å². The van der Waals surface area contributed by atoms with Crippen molar-refractivity contribution >= 4 is 28.8 Å². The molecule has 4 aromatic rings. The standard InChI is InChI=1S/C22H19ClN4/c1-14-20(15-6-3-2-4-7-15)22-25-19-9-5-8-18(19)21(27(22)26-14)24-17-12-10-16(23)11-13-17/h2-4,6-7,10-13,24H,5,8-9H2,1H3. The second-order valence-corrected chi connectivity index (χ2v) is 7.37. The van der Waals surface area contributed by atoms with Gasteiger partial charge in [0.15, 0.2) is 5.65 Å². The van der Waals surface area contributed by atoms with E-state index in [2.05, 4.69) is 29.6 Å². The lowest BCUT2D eigenvalue weighted by Crippen LogP contribution is -2.06. The summed E-state index contributed by atoms with van der Waals surface area (Å²) in [7, 11) is 0. The van der Waals surface area contributed by atoms with E-state index in [1.807, 2.05) is 41.8 Å². The van der Waals surface area contributed by atoms with Crippen LogP contribution in [-0.4, -0.2) is 14.6 Å². The van der Waals surface area contributed by atoms with Gasteiger partial charge in [-0.1, -0.05) is 41.9 Å². The molecule has 0 atom stereocenters. The van der Waals surface area contributed by atoms with Crippen LogP contribution in [0.25, 0.3) is 16.8 Å². The molecule has 2 aromatic carbocycles. The van der Waals surface area contributed by atoms with E-state index in [9.17, 15) is 0 Å². The smallest absolute Gasteiger partial charge is 0.165 e. The number of hydrogen-bond acceptors (Lipinski definition) is 3. The van der Waals surface area contributed by atoms with Crippen LogP contribution < -0.4 is 5.32 Å². The molecule has 2 heterocycles. The SMILES string of the molecule is Cc1nn2c(Nc3ccc(Cl)cc3)c3c(nc2c1-c1ccccc1)CCC3. The molecule has 4 nitrogen and oxygen atoms in total. The van der Waals surface area contributed by atoms with Crippen LogP contribution in [0.1, 0.15) is 23.4 Å². The van der Waals surface area contributed by atoms with Crippen molar-refractivity contribution in [2.24, 2.45) is 0 Å². The van der Waals surface area contributed by atoms with Crippen LogP contribution in [-0.2, 0) is 12.8 Å². The summed E-state index contributed by atoms with van der Waals surface area (Å²) in [5.41, 5.74) is 7.58. The molecule has 0 radical (unpaired) electrons. The molecule has 0 bridgehead atoms. The first kappa shape index (κ1) is 16.3. The fraction of sp³-hybridized carbons (Fsp3) is 0.182. The van der Waals surface area contributed by atoms with Gasteiger partial charge in [0.2, 0.25) is 0 Å². The van der Waals surface area contributed by atoms with Gasteiger partial charge in [0.1, 0.15) is 5.82 Å². The summed E-state index contributed by atoms with van der Waals surface area (Å²) in [5, 5.41) is 9.14. The largest absolute Gasteiger partial charge is 0.340 e. The Balaban J connectivity index is 1.73. The molecule has 2 aromatic heterocycles. The molecular weight excluding hydrogens is 356 g/mol. The Morgan fingerprint density at radius 3 is 2.56 bits per heavy atom. The number of benzene rings is 2. The lowest BCUT2D eigenvalue weighted by molar-refractivity contribution is 0.900. The van der Waals surface area contributed by atoms with Crippen molar-refractivity contribution in [3.63, 3.8) is 0 Å². The first-order valence-corrected chi connectivity index (χ1v) is 9.57. The van der Waals surface area contributed by atoms with Crippen LogP contribution in [0.2, 0.25) is 5.02 Å². The number of nitrogens with one attached hydrogen (secondary N) is 1. The summed E-state index contributed by atoms with van der Waals surface area (Å²) in [5.74, 6) is 1.01. The lowest BCUT2D eigenvalue weighted by atomic mass is 10.1. The van der Waals surface area contributed by atoms with Crippen molar-refractivity contribution in [1.29, 1.82) is 0 Å². The predicted octanol–water partition coefficient (Wildman–Crippen LogP) is 5.59. The van der Waals surface area contributed by atoms with E-state index in [0.29, 0.717) is 0 Å². The number of hydrogen-bond donors (Lipinski definition) is 1. The summed E-state index contributed by atoms with van der Waals surface area (Å²) in [6.07, 6.45) is 3.16. The van der Waals surface area contributed by atoms with Gasteiger partial charge in [0, 0.05) is 27.5 Å². The number of fused-ring (bicyclic) bond motifs is 2. The van der Waals surface area contributed by atoms with Gasteiger partial charge in [0.05, 0.1) is 5.69 Å². The first-order valence-electron chi connectivity index (χ1n) is 9.20. The number of rotatable bonds is 3. The highest BCUT2D eigenvalue weighted by atomic mass is 35.5. The molecule has 1 aliphatic rings. The van der Waals surface area contributed by atoms with Gasteiger partial charge in [-0.2, -0.15) is 9.61 Å². The predicted molar refractivity (Wildman–Crippen MR) is 110 cm³/mol. The zero-order valence-corrected chi connectivity index (χ0v) is 15.8. The maximum Gasteiger partial charge on any atom is 0.165 e. The van der Waals surface area contributed by atoms with Gasteiger partial charge in [-0.15, -0.1) is 0 Å². The third-order valence-electron chi connectivity index (χ3n) is 5.13. The molecule has 134 valence electrons. The number of nitrogens with zero attached hydrogens (tertiary/aromatic N) is 3. The van der Waals surface area contributed by atoms with Gasteiger partial charge in [-0.05, 0) is 56.0 Å². The van der Waals surface area contributed by atoms with Crippen LogP contribution in [0, 0.1) is 6.92 Å². The third kappa shape index (κ3) is 2.77. The van der Waals surface area contributed by atoms with E-state index in [1.165, 1.54) is 11.3 Å². The van der Waals surface area contributed by atoms with Gasteiger partial charge >= 0.3 is 0 Å². The minimum absolute atomic E-state index is 0.729. The van der Waals surface area contributed by atoms with Crippen LogP contribution in [0.4, 0.5) is 11.5 Å². The summed E-state index contributed by atoms with van der Waals surface area (Å²) < 4.78 is 1.97. The summed E-state index contributed by atoms with van der Waals surface area (Å²) in [6.45, 7) is 2.05. The van der Waals surface area contributed by atoms with Gasteiger partial charge in [0.25, 0.3) is 0 Å². The Bertz CT molecular complexity index is 1130. The minimum Gasteiger partial charge on any atom is -0.340 e. The lowest BCUT2D eigenvalue weighted by Gasteiger charge is -2.13. The van der Waals surface area contributed by atoms with E-state index in [1.54, 1.807) is 0 Å². The highest BCUT2D eigenvalue weighted by Crippen LogP contribution is 2.35. The van der Waals surface area contributed by atoms with Crippen molar-refractivity contribution in [3.05, 3.63) is 76.6 Å². The molecule has 1 N–H and O–H groups in total. The zero-order chi connectivity index (χ0) is 18.4. The van der Waals surface area contributed by atoms with Gasteiger partial charge < -0.3 is 5.32 Å². The molecule has 27 heavy (non-hydrogen) atoms. The number of aromatic nitrogens is 3. The van der Waals surface area contributed by atoms with E-state index in [4.69, 9.17) is 21.7 Å².